The molecule has 4 bridgehead atoms. The molecule has 4 saturated carbocycles. The number of likely N-dealkylation sites (tertiary alicyclic amines) is 1. The molecule has 4 aliphatic carbocycles. The summed E-state index contributed by atoms with van der Waals surface area (Å²) in [6.07, 6.45) is 9.92. The van der Waals surface area contributed by atoms with Crippen LogP contribution in [-0.2, 0) is 0 Å². The van der Waals surface area contributed by atoms with Gasteiger partial charge in [0.05, 0.1) is 5.69 Å². The van der Waals surface area contributed by atoms with Gasteiger partial charge in [-0.1, -0.05) is 13.8 Å². The zero-order valence-electron chi connectivity index (χ0n) is 18.7. The van der Waals surface area contributed by atoms with Gasteiger partial charge in [0, 0.05) is 24.2 Å². The van der Waals surface area contributed by atoms with Crippen molar-refractivity contribution in [1.82, 2.24) is 10.2 Å². The molecular weight excluding hydrogens is 393 g/mol. The third-order valence-corrected chi connectivity index (χ3v) is 8.11. The first-order valence-corrected chi connectivity index (χ1v) is 11.8. The quantitative estimate of drug-likeness (QED) is 0.686. The number of nitrogens with one attached hydrogen (secondary N) is 2. The average Bonchev–Trinajstić information content (AvgIpc) is 2.66. The maximum Gasteiger partial charge on any atom is 0.319 e. The van der Waals surface area contributed by atoms with Gasteiger partial charge in [0.15, 0.2) is 0 Å². The van der Waals surface area contributed by atoms with Gasteiger partial charge in [-0.15, -0.1) is 0 Å². The van der Waals surface area contributed by atoms with E-state index in [0.29, 0.717) is 22.3 Å². The van der Waals surface area contributed by atoms with E-state index in [9.17, 15) is 14.0 Å². The number of carbonyl (C=O) groups is 2. The summed E-state index contributed by atoms with van der Waals surface area (Å²) in [7, 11) is 0. The summed E-state index contributed by atoms with van der Waals surface area (Å²) in [5.41, 5.74) is 0.863. The number of anilines is 1. The molecule has 3 amide bonds. The van der Waals surface area contributed by atoms with E-state index >= 15 is 0 Å². The third-order valence-electron chi connectivity index (χ3n) is 8.11. The summed E-state index contributed by atoms with van der Waals surface area (Å²) in [6, 6.07) is 4.03. The molecule has 5 nitrogen and oxygen atoms in total. The monoisotopic (exact) mass is 427 g/mol. The lowest BCUT2D eigenvalue weighted by molar-refractivity contribution is -0.113. The summed E-state index contributed by atoms with van der Waals surface area (Å²) < 4.78 is 14.7. The van der Waals surface area contributed by atoms with E-state index in [-0.39, 0.29) is 23.2 Å². The van der Waals surface area contributed by atoms with Crippen LogP contribution in [0.1, 0.15) is 82.0 Å². The second-order valence-corrected chi connectivity index (χ2v) is 11.5. The molecular formula is C25H34FN3O2. The van der Waals surface area contributed by atoms with Crippen LogP contribution >= 0.6 is 0 Å². The number of urea groups is 1. The third kappa shape index (κ3) is 3.94. The average molecular weight is 428 g/mol. The molecule has 1 heterocycles. The fourth-order valence-electron chi connectivity index (χ4n) is 8.01. The number of nitrogens with zero attached hydrogens (tertiary/aromatic N) is 1. The van der Waals surface area contributed by atoms with Crippen LogP contribution in [-0.4, -0.2) is 35.5 Å². The Kier molecular flexibility index (Phi) is 4.83. The Bertz CT molecular complexity index is 892. The molecule has 0 aromatic heterocycles. The molecule has 2 unspecified atom stereocenters. The van der Waals surface area contributed by atoms with Gasteiger partial charge in [0.1, 0.15) is 5.82 Å². The van der Waals surface area contributed by atoms with Crippen molar-refractivity contribution in [2.75, 3.05) is 18.4 Å². The van der Waals surface area contributed by atoms with Crippen LogP contribution in [0.3, 0.4) is 0 Å². The Morgan fingerprint density at radius 2 is 1.68 bits per heavy atom. The van der Waals surface area contributed by atoms with Crippen molar-refractivity contribution < 1.29 is 14.0 Å². The highest BCUT2D eigenvalue weighted by atomic mass is 19.1. The number of piperidine rings is 1. The predicted molar refractivity (Wildman–Crippen MR) is 118 cm³/mol. The van der Waals surface area contributed by atoms with Crippen molar-refractivity contribution in [3.05, 3.63) is 29.6 Å². The van der Waals surface area contributed by atoms with Crippen molar-refractivity contribution in [3.8, 4) is 0 Å². The maximum absolute atomic E-state index is 14.7. The van der Waals surface area contributed by atoms with Crippen LogP contribution in [0.2, 0.25) is 0 Å². The predicted octanol–water partition coefficient (Wildman–Crippen LogP) is 5.32. The van der Waals surface area contributed by atoms with Gasteiger partial charge in [0.2, 0.25) is 0 Å². The van der Waals surface area contributed by atoms with Crippen LogP contribution in [0, 0.1) is 22.6 Å². The van der Waals surface area contributed by atoms with Crippen molar-refractivity contribution in [3.63, 3.8) is 0 Å². The first-order chi connectivity index (χ1) is 14.7. The van der Waals surface area contributed by atoms with Gasteiger partial charge in [-0.2, -0.15) is 0 Å². The minimum absolute atomic E-state index is 0.120. The summed E-state index contributed by atoms with van der Waals surface area (Å²) in [6.45, 7) is 6.18. The first-order valence-electron chi connectivity index (χ1n) is 11.8. The zero-order valence-corrected chi connectivity index (χ0v) is 18.7. The molecule has 2 N–H and O–H groups in total. The van der Waals surface area contributed by atoms with Gasteiger partial charge in [-0.3, -0.25) is 4.79 Å². The van der Waals surface area contributed by atoms with Crippen molar-refractivity contribution in [2.24, 2.45) is 16.7 Å². The van der Waals surface area contributed by atoms with E-state index in [1.54, 1.807) is 11.0 Å². The molecule has 0 radical (unpaired) electrons. The van der Waals surface area contributed by atoms with E-state index in [1.165, 1.54) is 31.4 Å². The number of halogens is 1. The molecule has 1 saturated heterocycles. The summed E-state index contributed by atoms with van der Waals surface area (Å²) in [5, 5.41) is 5.95. The highest BCUT2D eigenvalue weighted by Gasteiger charge is 2.60. The van der Waals surface area contributed by atoms with Crippen LogP contribution in [0.4, 0.5) is 14.9 Å². The maximum atomic E-state index is 14.7. The smallest absolute Gasteiger partial charge is 0.319 e. The largest absolute Gasteiger partial charge is 0.339 e. The number of benzene rings is 1. The van der Waals surface area contributed by atoms with Gasteiger partial charge in [0.25, 0.3) is 5.91 Å². The molecule has 6 rings (SSSR count). The standard InChI is InChI=1S/C25H34FN3O2/c1-23-11-17-12-24(2,14-23)16-25(13-17,15-23)28-22(31)27-20-7-6-18(10-19(20)26)21(30)29-8-4-3-5-9-29/h6-7,10,17H,3-5,8-9,11-16H2,1-2H3,(H2,27,28,31)/t17?,23-,24+,25?. The lowest BCUT2D eigenvalue weighted by atomic mass is 9.43. The Balaban J connectivity index is 1.26. The van der Waals surface area contributed by atoms with Crippen molar-refractivity contribution >= 4 is 17.6 Å². The molecule has 4 atom stereocenters. The lowest BCUT2D eigenvalue weighted by Gasteiger charge is -2.65. The number of hydrogen-bond donors (Lipinski definition) is 2. The molecule has 168 valence electrons. The zero-order chi connectivity index (χ0) is 21.9. The molecule has 5 fully saturated rings. The Morgan fingerprint density at radius 1 is 1.00 bits per heavy atom. The fraction of sp³-hybridized carbons (Fsp3) is 0.680. The minimum atomic E-state index is -0.567. The Labute approximate surface area is 184 Å². The van der Waals surface area contributed by atoms with Crippen LogP contribution in [0.25, 0.3) is 0 Å². The Hall–Kier alpha value is -2.11. The van der Waals surface area contributed by atoms with Gasteiger partial charge < -0.3 is 15.5 Å². The SMILES string of the molecule is C[C@]12CC3CC(NC(=O)Nc4ccc(C(=O)N5CCCCC5)cc4F)(C1)C[C@@](C)(C3)C2. The van der Waals surface area contributed by atoms with Gasteiger partial charge in [-0.05, 0) is 92.7 Å². The normalized spacial score (nSPS) is 36.4. The molecule has 1 aromatic rings. The van der Waals surface area contributed by atoms with Crippen LogP contribution in [0.15, 0.2) is 18.2 Å². The van der Waals surface area contributed by atoms with Crippen LogP contribution < -0.4 is 10.6 Å². The van der Waals surface area contributed by atoms with E-state index in [2.05, 4.69) is 24.5 Å². The molecule has 0 spiro atoms. The highest BCUT2D eigenvalue weighted by Crippen LogP contribution is 2.66. The molecule has 1 aliphatic heterocycles. The molecule has 5 aliphatic rings. The molecule has 31 heavy (non-hydrogen) atoms. The fourth-order valence-corrected chi connectivity index (χ4v) is 8.01. The lowest BCUT2D eigenvalue weighted by Crippen LogP contribution is -2.65. The van der Waals surface area contributed by atoms with E-state index in [0.717, 1.165) is 51.6 Å². The minimum Gasteiger partial charge on any atom is -0.339 e. The number of hydrogen-bond acceptors (Lipinski definition) is 2. The number of rotatable bonds is 3. The first kappa shape index (κ1) is 20.8. The molecule has 6 heteroatoms. The second-order valence-electron chi connectivity index (χ2n) is 11.5. The second kappa shape index (κ2) is 7.21. The van der Waals surface area contributed by atoms with Gasteiger partial charge in [-0.25, -0.2) is 9.18 Å². The van der Waals surface area contributed by atoms with Crippen molar-refractivity contribution in [2.45, 2.75) is 77.2 Å². The van der Waals surface area contributed by atoms with E-state index in [4.69, 9.17) is 0 Å². The Morgan fingerprint density at radius 3 is 2.29 bits per heavy atom. The molecule has 1 aromatic carbocycles. The highest BCUT2D eigenvalue weighted by molar-refractivity contribution is 5.96. The summed E-state index contributed by atoms with van der Waals surface area (Å²) in [4.78, 5) is 27.3. The van der Waals surface area contributed by atoms with E-state index < -0.39 is 5.82 Å². The van der Waals surface area contributed by atoms with Crippen molar-refractivity contribution in [1.29, 1.82) is 0 Å². The number of carbonyl (C=O) groups excluding carboxylic acids is 2. The number of amides is 3. The summed E-state index contributed by atoms with van der Waals surface area (Å²) in [5.74, 6) is -0.0320. The van der Waals surface area contributed by atoms with E-state index in [1.807, 2.05) is 0 Å². The van der Waals surface area contributed by atoms with Crippen LogP contribution in [0.5, 0.6) is 0 Å². The summed E-state index contributed by atoms with van der Waals surface area (Å²) >= 11 is 0. The topological polar surface area (TPSA) is 61.4 Å². The van der Waals surface area contributed by atoms with Gasteiger partial charge >= 0.3 is 6.03 Å².